The van der Waals surface area contributed by atoms with Gasteiger partial charge in [0.1, 0.15) is 10.4 Å². The molecular weight excluding hydrogens is 280 g/mol. The van der Waals surface area contributed by atoms with Gasteiger partial charge in [0.05, 0.1) is 12.3 Å². The summed E-state index contributed by atoms with van der Waals surface area (Å²) in [5.74, 6) is 0.864. The van der Waals surface area contributed by atoms with Crippen LogP contribution in [0.3, 0.4) is 0 Å². The molecule has 0 aliphatic rings. The summed E-state index contributed by atoms with van der Waals surface area (Å²) in [5.41, 5.74) is 3.04. The fourth-order valence-corrected chi connectivity index (χ4v) is 2.17. The molecule has 17 heavy (non-hydrogen) atoms. The van der Waals surface area contributed by atoms with Gasteiger partial charge in [-0.25, -0.2) is 4.98 Å². The van der Waals surface area contributed by atoms with Crippen LogP contribution in [0.15, 0.2) is 28.9 Å². The van der Waals surface area contributed by atoms with Crippen molar-refractivity contribution in [3.05, 3.63) is 40.1 Å². The van der Waals surface area contributed by atoms with Crippen LogP contribution in [-0.4, -0.2) is 14.7 Å². The zero-order chi connectivity index (χ0) is 12.4. The molecule has 0 radical (unpaired) electrons. The summed E-state index contributed by atoms with van der Waals surface area (Å²) < 4.78 is 2.77. The van der Waals surface area contributed by atoms with Gasteiger partial charge in [0, 0.05) is 12.6 Å². The number of aliphatic hydroxyl groups is 1. The Morgan fingerprint density at radius 3 is 2.41 bits per heavy atom. The van der Waals surface area contributed by atoms with Crippen molar-refractivity contribution < 1.29 is 5.11 Å². The normalized spacial score (nSPS) is 10.8. The number of hydrogen-bond donors (Lipinski definition) is 1. The lowest BCUT2D eigenvalue weighted by molar-refractivity contribution is 0.276. The average Bonchev–Trinajstić information content (AvgIpc) is 2.66. The minimum atomic E-state index is -0.0541. The number of benzene rings is 1. The number of hydrogen-bond acceptors (Lipinski definition) is 2. The third-order valence-corrected chi connectivity index (χ3v) is 3.85. The van der Waals surface area contributed by atoms with Gasteiger partial charge < -0.3 is 9.67 Å². The van der Waals surface area contributed by atoms with Crippen molar-refractivity contribution in [2.45, 2.75) is 20.0 Å². The Morgan fingerprint density at radius 2 is 1.94 bits per heavy atom. The zero-order valence-corrected chi connectivity index (χ0v) is 11.5. The first-order chi connectivity index (χ1) is 8.17. The monoisotopic (exact) mass is 294 g/mol. The molecule has 0 fully saturated rings. The number of imidazole rings is 1. The number of rotatable bonds is 3. The van der Waals surface area contributed by atoms with Crippen LogP contribution < -0.4 is 0 Å². The molecule has 0 saturated carbocycles. The van der Waals surface area contributed by atoms with Crippen LogP contribution in [0.5, 0.6) is 0 Å². The fourth-order valence-electron chi connectivity index (χ4n) is 1.78. The molecule has 1 heterocycles. The molecule has 2 rings (SSSR count). The van der Waals surface area contributed by atoms with Crippen molar-refractivity contribution in [1.82, 2.24) is 9.55 Å². The molecule has 2 aromatic rings. The molecule has 0 saturated heterocycles. The molecule has 0 bridgehead atoms. The second-order valence-corrected chi connectivity index (χ2v) is 4.69. The van der Waals surface area contributed by atoms with Gasteiger partial charge in [0.2, 0.25) is 0 Å². The second kappa shape index (κ2) is 5.02. The van der Waals surface area contributed by atoms with Gasteiger partial charge in [-0.3, -0.25) is 0 Å². The van der Waals surface area contributed by atoms with Gasteiger partial charge in [-0.2, -0.15) is 0 Å². The maximum Gasteiger partial charge on any atom is 0.140 e. The molecule has 0 spiro atoms. The van der Waals surface area contributed by atoms with Crippen LogP contribution in [-0.2, 0) is 20.1 Å². The first-order valence-corrected chi connectivity index (χ1v) is 6.38. The molecule has 1 N–H and O–H groups in total. The molecule has 3 nitrogen and oxygen atoms in total. The second-order valence-electron chi connectivity index (χ2n) is 3.94. The van der Waals surface area contributed by atoms with Crippen molar-refractivity contribution in [3.63, 3.8) is 0 Å². The van der Waals surface area contributed by atoms with E-state index in [0.717, 1.165) is 22.4 Å². The third-order valence-electron chi connectivity index (χ3n) is 2.86. The van der Waals surface area contributed by atoms with E-state index in [1.54, 1.807) is 0 Å². The Labute approximate surface area is 109 Å². The van der Waals surface area contributed by atoms with Gasteiger partial charge in [0.15, 0.2) is 0 Å². The summed E-state index contributed by atoms with van der Waals surface area (Å²) in [6.07, 6.45) is 1.03. The molecule has 4 heteroatoms. The summed E-state index contributed by atoms with van der Waals surface area (Å²) in [4.78, 5) is 4.42. The van der Waals surface area contributed by atoms with Crippen LogP contribution >= 0.6 is 15.9 Å². The molecule has 0 aliphatic heterocycles. The van der Waals surface area contributed by atoms with E-state index in [-0.39, 0.29) is 6.61 Å². The van der Waals surface area contributed by atoms with Crippen molar-refractivity contribution in [2.75, 3.05) is 0 Å². The summed E-state index contributed by atoms with van der Waals surface area (Å²) in [6.45, 7) is 2.08. The highest BCUT2D eigenvalue weighted by Crippen LogP contribution is 2.25. The lowest BCUT2D eigenvalue weighted by Crippen LogP contribution is -1.93. The molecule has 90 valence electrons. The van der Waals surface area contributed by atoms with E-state index in [9.17, 15) is 5.11 Å². The standard InChI is InChI=1S/C13H15BrN2O/c1-3-9-4-6-10(7-5-9)13-15-11(8-17)12(14)16(13)2/h4-7,17H,3,8H2,1-2H3. The van der Waals surface area contributed by atoms with Crippen molar-refractivity contribution in [3.8, 4) is 11.4 Å². The van der Waals surface area contributed by atoms with Crippen molar-refractivity contribution in [2.24, 2.45) is 7.05 Å². The summed E-state index contributed by atoms with van der Waals surface area (Å²) >= 11 is 3.43. The molecule has 1 aromatic heterocycles. The Hall–Kier alpha value is -1.13. The molecule has 1 aromatic carbocycles. The summed E-state index contributed by atoms with van der Waals surface area (Å²) in [7, 11) is 1.93. The van der Waals surface area contributed by atoms with E-state index in [1.807, 2.05) is 11.6 Å². The number of aromatic nitrogens is 2. The Kier molecular flexibility index (Phi) is 3.64. The van der Waals surface area contributed by atoms with Gasteiger partial charge >= 0.3 is 0 Å². The predicted octanol–water partition coefficient (Wildman–Crippen LogP) is 2.90. The maximum absolute atomic E-state index is 9.18. The molecule has 0 aliphatic carbocycles. The minimum Gasteiger partial charge on any atom is -0.390 e. The van der Waals surface area contributed by atoms with E-state index in [4.69, 9.17) is 0 Å². The number of nitrogens with zero attached hydrogens (tertiary/aromatic N) is 2. The van der Waals surface area contributed by atoms with Crippen LogP contribution in [0.25, 0.3) is 11.4 Å². The molecule has 0 atom stereocenters. The quantitative estimate of drug-likeness (QED) is 0.945. The summed E-state index contributed by atoms with van der Waals surface area (Å²) in [5, 5.41) is 9.18. The fraction of sp³-hybridized carbons (Fsp3) is 0.308. The third kappa shape index (κ3) is 2.28. The van der Waals surface area contributed by atoms with Gasteiger partial charge in [-0.15, -0.1) is 0 Å². The van der Waals surface area contributed by atoms with Crippen molar-refractivity contribution in [1.29, 1.82) is 0 Å². The maximum atomic E-state index is 9.18. The van der Waals surface area contributed by atoms with Gasteiger partial charge in [-0.1, -0.05) is 31.2 Å². The van der Waals surface area contributed by atoms with E-state index < -0.39 is 0 Å². The minimum absolute atomic E-state index is 0.0541. The van der Waals surface area contributed by atoms with Crippen molar-refractivity contribution >= 4 is 15.9 Å². The Morgan fingerprint density at radius 1 is 1.29 bits per heavy atom. The highest BCUT2D eigenvalue weighted by atomic mass is 79.9. The van der Waals surface area contributed by atoms with Crippen LogP contribution in [0.2, 0.25) is 0 Å². The van der Waals surface area contributed by atoms with Crippen LogP contribution in [0, 0.1) is 0 Å². The van der Waals surface area contributed by atoms with E-state index in [0.29, 0.717) is 5.69 Å². The first kappa shape index (κ1) is 12.3. The topological polar surface area (TPSA) is 38.1 Å². The number of aliphatic hydroxyl groups excluding tert-OH is 1. The zero-order valence-electron chi connectivity index (χ0n) is 9.94. The molecular formula is C13H15BrN2O. The lowest BCUT2D eigenvalue weighted by Gasteiger charge is -2.03. The lowest BCUT2D eigenvalue weighted by atomic mass is 10.1. The van der Waals surface area contributed by atoms with Gasteiger partial charge in [-0.05, 0) is 27.9 Å². The first-order valence-electron chi connectivity index (χ1n) is 5.58. The summed E-state index contributed by atoms with van der Waals surface area (Å²) in [6, 6.07) is 8.34. The number of halogens is 1. The van der Waals surface area contributed by atoms with E-state index >= 15 is 0 Å². The molecule has 0 unspecified atom stereocenters. The van der Waals surface area contributed by atoms with Crippen LogP contribution in [0.4, 0.5) is 0 Å². The average molecular weight is 295 g/mol. The molecule has 0 amide bonds. The van der Waals surface area contributed by atoms with Crippen LogP contribution in [0.1, 0.15) is 18.2 Å². The highest BCUT2D eigenvalue weighted by Gasteiger charge is 2.12. The predicted molar refractivity (Wildman–Crippen MR) is 71.6 cm³/mol. The highest BCUT2D eigenvalue weighted by molar-refractivity contribution is 9.10. The number of aryl methyl sites for hydroxylation is 1. The largest absolute Gasteiger partial charge is 0.390 e. The smallest absolute Gasteiger partial charge is 0.140 e. The van der Waals surface area contributed by atoms with Gasteiger partial charge in [0.25, 0.3) is 0 Å². The Balaban J connectivity index is 2.45. The van der Waals surface area contributed by atoms with E-state index in [1.165, 1.54) is 5.56 Å². The van der Waals surface area contributed by atoms with E-state index in [2.05, 4.69) is 52.1 Å². The Bertz CT molecular complexity index is 517. The SMILES string of the molecule is CCc1ccc(-c2nc(CO)c(Br)n2C)cc1.